The fourth-order valence-corrected chi connectivity index (χ4v) is 10.8. The zero-order valence-electron chi connectivity index (χ0n) is 20.1. The van der Waals surface area contributed by atoms with Crippen LogP contribution in [0.25, 0.3) is 0 Å². The van der Waals surface area contributed by atoms with Crippen molar-refractivity contribution in [2.24, 2.45) is 46.3 Å². The molecule has 10 atom stereocenters. The number of alkyl halides is 2. The smallest absolute Gasteiger partial charge is 0.0554 e. The molecule has 0 radical (unpaired) electrons. The number of hydrogen-bond acceptors (Lipinski definition) is 1. The van der Waals surface area contributed by atoms with Gasteiger partial charge in [0.1, 0.15) is 0 Å². The maximum atomic E-state index is 10.4. The largest absolute Gasteiger partial charge is 0.393 e. The van der Waals surface area contributed by atoms with Gasteiger partial charge in [0.2, 0.25) is 0 Å². The lowest BCUT2D eigenvalue weighted by Gasteiger charge is -2.65. The summed E-state index contributed by atoms with van der Waals surface area (Å²) in [5.41, 5.74) is 0.746. The van der Waals surface area contributed by atoms with Gasteiger partial charge in [-0.1, -0.05) is 69.8 Å². The standard InChI is InChI=1S/C27H46BrClO/c1-17(2)7-6-8-18(3)21-9-10-22-20-15-24(29)27(28)16-19(30)11-14-26(27,5)23(20)12-13-25(21,22)4/h17-24,30H,6-16H2,1-5H3/t18-,19+,20+,21-,22+,23+,24-,25-,26-,27+/m1/s1. The van der Waals surface area contributed by atoms with Gasteiger partial charge >= 0.3 is 0 Å². The van der Waals surface area contributed by atoms with Crippen LogP contribution in [-0.4, -0.2) is 20.9 Å². The van der Waals surface area contributed by atoms with Gasteiger partial charge in [0.15, 0.2) is 0 Å². The Hall–Kier alpha value is 0.730. The Balaban J connectivity index is 1.53. The fraction of sp³-hybridized carbons (Fsp3) is 1.00. The second-order valence-corrected chi connectivity index (χ2v) is 14.7. The van der Waals surface area contributed by atoms with Crippen molar-refractivity contribution in [3.63, 3.8) is 0 Å². The van der Waals surface area contributed by atoms with Crippen LogP contribution in [-0.2, 0) is 0 Å². The molecule has 0 saturated heterocycles. The summed E-state index contributed by atoms with van der Waals surface area (Å²) in [6.45, 7) is 12.5. The Kier molecular flexibility index (Phi) is 6.76. The van der Waals surface area contributed by atoms with Crippen LogP contribution in [0.2, 0.25) is 0 Å². The molecule has 4 aliphatic carbocycles. The van der Waals surface area contributed by atoms with Crippen LogP contribution in [0.15, 0.2) is 0 Å². The van der Waals surface area contributed by atoms with Gasteiger partial charge < -0.3 is 5.11 Å². The number of fused-ring (bicyclic) bond motifs is 5. The van der Waals surface area contributed by atoms with E-state index >= 15 is 0 Å². The molecule has 4 saturated carbocycles. The normalized spacial score (nSPS) is 51.9. The molecule has 4 fully saturated rings. The molecule has 0 aliphatic heterocycles. The van der Waals surface area contributed by atoms with E-state index in [1.807, 2.05) is 0 Å². The van der Waals surface area contributed by atoms with E-state index in [1.54, 1.807) is 0 Å². The topological polar surface area (TPSA) is 20.2 Å². The van der Waals surface area contributed by atoms with Crippen molar-refractivity contribution in [1.82, 2.24) is 0 Å². The highest BCUT2D eigenvalue weighted by Gasteiger charge is 2.66. The Morgan fingerprint density at radius 2 is 1.73 bits per heavy atom. The average molecular weight is 502 g/mol. The Morgan fingerprint density at radius 3 is 2.43 bits per heavy atom. The first-order valence-corrected chi connectivity index (χ1v) is 14.3. The lowest BCUT2D eigenvalue weighted by molar-refractivity contribution is -0.113. The van der Waals surface area contributed by atoms with E-state index in [4.69, 9.17) is 11.6 Å². The maximum Gasteiger partial charge on any atom is 0.0554 e. The minimum Gasteiger partial charge on any atom is -0.393 e. The monoisotopic (exact) mass is 500 g/mol. The maximum absolute atomic E-state index is 10.4. The van der Waals surface area contributed by atoms with E-state index < -0.39 is 0 Å². The van der Waals surface area contributed by atoms with Crippen molar-refractivity contribution in [3.05, 3.63) is 0 Å². The molecule has 1 nitrogen and oxygen atoms in total. The van der Waals surface area contributed by atoms with E-state index in [-0.39, 0.29) is 21.2 Å². The second-order valence-electron chi connectivity index (χ2n) is 12.8. The number of rotatable bonds is 5. The lowest BCUT2D eigenvalue weighted by Crippen LogP contribution is -2.64. The average Bonchev–Trinajstić information content (AvgIpc) is 3.01. The molecule has 0 spiro atoms. The SMILES string of the molecule is CC(C)CCC[C@@H](C)[C@H]1CC[C@H]2[C@@H]3C[C@@H](Cl)[C@@]4(Br)C[C@@H](O)CC[C@]4(C)[C@H]3CC[C@]12C. The third-order valence-electron chi connectivity index (χ3n) is 10.9. The molecule has 0 aromatic heterocycles. The van der Waals surface area contributed by atoms with Gasteiger partial charge in [-0.3, -0.25) is 0 Å². The number of aliphatic hydroxyl groups is 1. The summed E-state index contributed by atoms with van der Waals surface area (Å²) in [5, 5.41) is 10.6. The molecule has 174 valence electrons. The lowest BCUT2D eigenvalue weighted by atomic mass is 9.44. The molecule has 0 heterocycles. The van der Waals surface area contributed by atoms with Crippen molar-refractivity contribution in [2.75, 3.05) is 0 Å². The van der Waals surface area contributed by atoms with Crippen LogP contribution in [0.4, 0.5) is 0 Å². The van der Waals surface area contributed by atoms with E-state index in [0.717, 1.165) is 61.2 Å². The quantitative estimate of drug-likeness (QED) is 0.376. The summed E-state index contributed by atoms with van der Waals surface area (Å²) >= 11 is 11.3. The van der Waals surface area contributed by atoms with Gasteiger partial charge in [0.05, 0.1) is 10.4 Å². The summed E-state index contributed by atoms with van der Waals surface area (Å²) in [5.74, 6) is 5.01. The van der Waals surface area contributed by atoms with E-state index in [0.29, 0.717) is 5.41 Å². The third kappa shape index (κ3) is 3.66. The zero-order chi connectivity index (χ0) is 21.9. The molecular weight excluding hydrogens is 456 g/mol. The third-order valence-corrected chi connectivity index (χ3v) is 13.5. The van der Waals surface area contributed by atoms with Crippen LogP contribution in [0, 0.1) is 46.3 Å². The molecule has 3 heteroatoms. The predicted octanol–water partition coefficient (Wildman–Crippen LogP) is 8.20. The van der Waals surface area contributed by atoms with E-state index in [9.17, 15) is 5.11 Å². The molecule has 30 heavy (non-hydrogen) atoms. The molecule has 0 bridgehead atoms. The predicted molar refractivity (Wildman–Crippen MR) is 132 cm³/mol. The second kappa shape index (κ2) is 8.50. The van der Waals surface area contributed by atoms with Crippen molar-refractivity contribution < 1.29 is 5.11 Å². The van der Waals surface area contributed by atoms with Crippen molar-refractivity contribution in [2.45, 2.75) is 121 Å². The van der Waals surface area contributed by atoms with Gasteiger partial charge in [-0.25, -0.2) is 0 Å². The highest BCUT2D eigenvalue weighted by atomic mass is 79.9. The number of aliphatic hydroxyl groups excluding tert-OH is 1. The van der Waals surface area contributed by atoms with Gasteiger partial charge in [0.25, 0.3) is 0 Å². The van der Waals surface area contributed by atoms with Gasteiger partial charge in [-0.15, -0.1) is 11.6 Å². The van der Waals surface area contributed by atoms with Crippen molar-refractivity contribution in [3.8, 4) is 0 Å². The molecule has 0 amide bonds. The van der Waals surface area contributed by atoms with Crippen LogP contribution < -0.4 is 0 Å². The van der Waals surface area contributed by atoms with Crippen LogP contribution in [0.3, 0.4) is 0 Å². The first-order valence-electron chi connectivity index (χ1n) is 13.0. The van der Waals surface area contributed by atoms with Crippen molar-refractivity contribution >= 4 is 27.5 Å². The zero-order valence-corrected chi connectivity index (χ0v) is 22.4. The number of hydrogen-bond donors (Lipinski definition) is 1. The minimum absolute atomic E-state index is 0.0870. The molecule has 4 rings (SSSR count). The summed E-state index contributed by atoms with van der Waals surface area (Å²) in [4.78, 5) is 0. The summed E-state index contributed by atoms with van der Waals surface area (Å²) in [6.07, 6.45) is 13.7. The van der Waals surface area contributed by atoms with Gasteiger partial charge in [0, 0.05) is 5.38 Å². The molecule has 0 aromatic carbocycles. The highest BCUT2D eigenvalue weighted by molar-refractivity contribution is 9.10. The van der Waals surface area contributed by atoms with E-state index in [1.165, 1.54) is 44.9 Å². The van der Waals surface area contributed by atoms with Crippen LogP contribution in [0.1, 0.15) is 105 Å². The van der Waals surface area contributed by atoms with Crippen LogP contribution in [0.5, 0.6) is 0 Å². The Morgan fingerprint density at radius 1 is 1.00 bits per heavy atom. The summed E-state index contributed by atoms with van der Waals surface area (Å²) in [7, 11) is 0. The summed E-state index contributed by atoms with van der Waals surface area (Å²) in [6, 6.07) is 0. The van der Waals surface area contributed by atoms with Crippen LogP contribution >= 0.6 is 27.5 Å². The molecule has 4 aliphatic rings. The number of halogens is 2. The summed E-state index contributed by atoms with van der Waals surface area (Å²) < 4.78 is -0.0870. The fourth-order valence-electron chi connectivity index (χ4n) is 9.19. The first kappa shape index (κ1) is 23.9. The highest BCUT2D eigenvalue weighted by Crippen LogP contribution is 2.71. The molecule has 0 aromatic rings. The first-order chi connectivity index (χ1) is 14.0. The van der Waals surface area contributed by atoms with Gasteiger partial charge in [-0.2, -0.15) is 0 Å². The van der Waals surface area contributed by atoms with Gasteiger partial charge in [-0.05, 0) is 97.7 Å². The molecular formula is C27H46BrClO. The van der Waals surface area contributed by atoms with Crippen molar-refractivity contribution in [1.29, 1.82) is 0 Å². The minimum atomic E-state index is -0.188. The Bertz CT molecular complexity index is 624. The molecule has 1 N–H and O–H groups in total. The van der Waals surface area contributed by atoms with E-state index in [2.05, 4.69) is 50.5 Å². The molecule has 0 unspecified atom stereocenters. The Labute approximate surface area is 199 Å².